The maximum absolute atomic E-state index is 13.3. The van der Waals surface area contributed by atoms with Gasteiger partial charge in [0.1, 0.15) is 18.1 Å². The maximum Gasteiger partial charge on any atom is 0.326 e. The molecule has 0 aliphatic carbocycles. The van der Waals surface area contributed by atoms with E-state index in [1.807, 2.05) is 30.5 Å². The van der Waals surface area contributed by atoms with Crippen LogP contribution in [0.2, 0.25) is 0 Å². The van der Waals surface area contributed by atoms with Crippen LogP contribution >= 0.6 is 11.8 Å². The Bertz CT molecular complexity index is 1190. The van der Waals surface area contributed by atoms with E-state index in [0.717, 1.165) is 16.5 Å². The van der Waals surface area contributed by atoms with E-state index in [-0.39, 0.29) is 32.1 Å². The molecule has 226 valence electrons. The minimum absolute atomic E-state index is 0.189. The van der Waals surface area contributed by atoms with Gasteiger partial charge in [-0.05, 0) is 68.7 Å². The summed E-state index contributed by atoms with van der Waals surface area (Å²) in [7, 11) is 0. The number of carboxylic acid groups (broad SMARTS) is 1. The van der Waals surface area contributed by atoms with Crippen LogP contribution < -0.4 is 33.2 Å². The highest BCUT2D eigenvalue weighted by molar-refractivity contribution is 7.98. The number of thioether (sulfide) groups is 1. The van der Waals surface area contributed by atoms with Crippen LogP contribution in [0.15, 0.2) is 30.5 Å². The molecule has 11 N–H and O–H groups in total. The number of fused-ring (bicyclic) bond motifs is 1. The number of unbranched alkanes of at least 4 members (excludes halogenated alkanes) is 1. The first-order chi connectivity index (χ1) is 19.6. The first-order valence-corrected chi connectivity index (χ1v) is 14.9. The van der Waals surface area contributed by atoms with Gasteiger partial charge >= 0.3 is 5.97 Å². The number of nitrogens with one attached hydrogen (secondary N) is 4. The average molecular weight is 592 g/mol. The number of hydrogen-bond acceptors (Lipinski definition) is 8. The predicted molar refractivity (Wildman–Crippen MR) is 158 cm³/mol. The molecule has 4 unspecified atom stereocenters. The van der Waals surface area contributed by atoms with Crippen LogP contribution in [-0.4, -0.2) is 82.4 Å². The van der Waals surface area contributed by atoms with Crippen molar-refractivity contribution in [3.8, 4) is 0 Å². The highest BCUT2D eigenvalue weighted by Gasteiger charge is 2.30. The van der Waals surface area contributed by atoms with Gasteiger partial charge in [0, 0.05) is 23.5 Å². The summed E-state index contributed by atoms with van der Waals surface area (Å²) in [5.74, 6) is -3.36. The summed E-state index contributed by atoms with van der Waals surface area (Å²) in [4.78, 5) is 65.2. The first kappa shape index (κ1) is 33.6. The number of primary amides is 1. The van der Waals surface area contributed by atoms with Crippen molar-refractivity contribution >= 4 is 52.3 Å². The third-order valence-corrected chi connectivity index (χ3v) is 7.21. The van der Waals surface area contributed by atoms with Gasteiger partial charge in [-0.15, -0.1) is 0 Å². The second kappa shape index (κ2) is 17.3. The lowest BCUT2D eigenvalue weighted by Gasteiger charge is -2.25. The van der Waals surface area contributed by atoms with Gasteiger partial charge in [0.25, 0.3) is 0 Å². The summed E-state index contributed by atoms with van der Waals surface area (Å²) in [5.41, 5.74) is 18.7. The molecule has 0 fully saturated rings. The second-order valence-corrected chi connectivity index (χ2v) is 10.7. The Hall–Kier alpha value is -3.62. The average Bonchev–Trinajstić information content (AvgIpc) is 3.34. The van der Waals surface area contributed by atoms with E-state index in [9.17, 15) is 29.1 Å². The summed E-state index contributed by atoms with van der Waals surface area (Å²) in [5, 5.41) is 18.2. The second-order valence-electron chi connectivity index (χ2n) is 9.76. The lowest BCUT2D eigenvalue weighted by atomic mass is 10.0. The van der Waals surface area contributed by atoms with Gasteiger partial charge in [-0.2, -0.15) is 11.8 Å². The molecule has 14 heteroatoms. The monoisotopic (exact) mass is 591 g/mol. The van der Waals surface area contributed by atoms with E-state index in [0.29, 0.717) is 25.1 Å². The molecule has 0 saturated heterocycles. The van der Waals surface area contributed by atoms with Crippen molar-refractivity contribution in [1.82, 2.24) is 20.9 Å². The van der Waals surface area contributed by atoms with E-state index in [4.69, 9.17) is 17.2 Å². The van der Waals surface area contributed by atoms with Crippen LogP contribution in [0.4, 0.5) is 0 Å². The van der Waals surface area contributed by atoms with E-state index < -0.39 is 53.8 Å². The Balaban J connectivity index is 2.12. The van der Waals surface area contributed by atoms with Gasteiger partial charge in [-0.3, -0.25) is 19.2 Å². The molecule has 0 aliphatic heterocycles. The summed E-state index contributed by atoms with van der Waals surface area (Å²) in [6, 6.07) is 3.29. The molecule has 2 aromatic rings. The SMILES string of the molecule is CSCCC(NC(=O)C(CCCCN)NC(=O)C(N)Cc1c[nH]c2ccccc12)C(=O)NC(CCC(N)=O)C(=O)O. The third-order valence-electron chi connectivity index (χ3n) is 6.57. The number of carboxylic acids is 1. The third kappa shape index (κ3) is 11.1. The number of hydrogen-bond donors (Lipinski definition) is 8. The topological polar surface area (TPSA) is 236 Å². The number of aromatic amines is 1. The zero-order valence-corrected chi connectivity index (χ0v) is 24.0. The summed E-state index contributed by atoms with van der Waals surface area (Å²) in [6.45, 7) is 0.406. The number of carbonyl (C=O) groups is 5. The molecular weight excluding hydrogens is 550 g/mol. The quantitative estimate of drug-likeness (QED) is 0.100. The normalized spacial score (nSPS) is 14.0. The number of rotatable bonds is 19. The Kier molecular flexibility index (Phi) is 14.1. The van der Waals surface area contributed by atoms with Crippen LogP contribution in [0.1, 0.15) is 44.1 Å². The summed E-state index contributed by atoms with van der Waals surface area (Å²) in [6.07, 6.45) is 5.10. The van der Waals surface area contributed by atoms with Gasteiger partial charge in [0.2, 0.25) is 23.6 Å². The van der Waals surface area contributed by atoms with Crippen LogP contribution in [0.25, 0.3) is 10.9 Å². The fourth-order valence-electron chi connectivity index (χ4n) is 4.26. The van der Waals surface area contributed by atoms with Crippen molar-refractivity contribution in [2.45, 2.75) is 69.1 Å². The predicted octanol–water partition coefficient (Wildman–Crippen LogP) is -0.276. The highest BCUT2D eigenvalue weighted by Crippen LogP contribution is 2.19. The van der Waals surface area contributed by atoms with Crippen LogP contribution in [0, 0.1) is 0 Å². The van der Waals surface area contributed by atoms with E-state index in [1.165, 1.54) is 11.8 Å². The maximum atomic E-state index is 13.3. The molecular formula is C27H41N7O6S. The van der Waals surface area contributed by atoms with Gasteiger partial charge in [0.15, 0.2) is 0 Å². The number of H-pyrrole nitrogens is 1. The number of aliphatic carboxylic acids is 1. The molecule has 41 heavy (non-hydrogen) atoms. The van der Waals surface area contributed by atoms with E-state index in [2.05, 4.69) is 20.9 Å². The van der Waals surface area contributed by atoms with E-state index in [1.54, 1.807) is 6.20 Å². The minimum atomic E-state index is -1.36. The molecule has 4 atom stereocenters. The van der Waals surface area contributed by atoms with Gasteiger partial charge in [-0.1, -0.05) is 18.2 Å². The Labute approximate surface area is 243 Å². The number of nitrogens with two attached hydrogens (primary N) is 3. The fourth-order valence-corrected chi connectivity index (χ4v) is 4.74. The number of aromatic nitrogens is 1. The smallest absolute Gasteiger partial charge is 0.326 e. The summed E-state index contributed by atoms with van der Waals surface area (Å²) < 4.78 is 0. The molecule has 0 radical (unpaired) electrons. The number of carbonyl (C=O) groups excluding carboxylic acids is 4. The number of benzene rings is 1. The Morgan fingerprint density at radius 2 is 1.56 bits per heavy atom. The Morgan fingerprint density at radius 1 is 0.927 bits per heavy atom. The largest absolute Gasteiger partial charge is 0.480 e. The summed E-state index contributed by atoms with van der Waals surface area (Å²) >= 11 is 1.44. The van der Waals surface area contributed by atoms with Crippen molar-refractivity contribution in [1.29, 1.82) is 0 Å². The van der Waals surface area contributed by atoms with Gasteiger partial charge in [-0.25, -0.2) is 4.79 Å². The zero-order valence-electron chi connectivity index (χ0n) is 23.2. The zero-order chi connectivity index (χ0) is 30.4. The van der Waals surface area contributed by atoms with Gasteiger partial charge < -0.3 is 43.2 Å². The molecule has 1 aromatic carbocycles. The molecule has 13 nitrogen and oxygen atoms in total. The van der Waals surface area contributed by atoms with Crippen LogP contribution in [0.5, 0.6) is 0 Å². The van der Waals surface area contributed by atoms with Crippen molar-refractivity contribution in [2.24, 2.45) is 17.2 Å². The molecule has 0 aliphatic rings. The van der Waals surface area contributed by atoms with Crippen molar-refractivity contribution in [2.75, 3.05) is 18.6 Å². The van der Waals surface area contributed by atoms with E-state index >= 15 is 0 Å². The lowest BCUT2D eigenvalue weighted by Crippen LogP contribution is -2.57. The van der Waals surface area contributed by atoms with Crippen molar-refractivity contribution in [3.05, 3.63) is 36.0 Å². The van der Waals surface area contributed by atoms with Crippen molar-refractivity contribution in [3.63, 3.8) is 0 Å². The fraction of sp³-hybridized carbons (Fsp3) is 0.519. The molecule has 0 saturated carbocycles. The van der Waals surface area contributed by atoms with Crippen molar-refractivity contribution < 1.29 is 29.1 Å². The Morgan fingerprint density at radius 3 is 2.20 bits per heavy atom. The molecule has 1 heterocycles. The number of amides is 4. The molecule has 2 rings (SSSR count). The number of para-hydroxylation sites is 1. The lowest BCUT2D eigenvalue weighted by molar-refractivity contribution is -0.142. The highest BCUT2D eigenvalue weighted by atomic mass is 32.2. The molecule has 1 aromatic heterocycles. The molecule has 0 spiro atoms. The standard InChI is InChI=1S/C27H41N7O6S/c1-41-13-11-21(26(38)34-22(27(39)40)9-10-23(30)35)33-25(37)20(8-4-5-12-28)32-24(36)18(29)14-16-15-31-19-7-3-2-6-17(16)19/h2-3,6-7,15,18,20-22,31H,4-5,8-14,28-29H2,1H3,(H2,30,35)(H,32,36)(H,33,37)(H,34,38)(H,39,40). The minimum Gasteiger partial charge on any atom is -0.480 e. The molecule has 0 bridgehead atoms. The van der Waals surface area contributed by atoms with Gasteiger partial charge in [0.05, 0.1) is 6.04 Å². The van der Waals surface area contributed by atoms with Crippen LogP contribution in [0.3, 0.4) is 0 Å². The first-order valence-electron chi connectivity index (χ1n) is 13.5. The molecule has 4 amide bonds. The van der Waals surface area contributed by atoms with Crippen LogP contribution in [-0.2, 0) is 30.4 Å².